The number of aryl methyl sites for hydroxylation is 1. The van der Waals surface area contributed by atoms with Crippen molar-refractivity contribution in [3.8, 4) is 0 Å². The van der Waals surface area contributed by atoms with Crippen LogP contribution in [0.5, 0.6) is 0 Å². The Hall–Kier alpha value is -1.40. The summed E-state index contributed by atoms with van der Waals surface area (Å²) in [6.07, 6.45) is 2.93. The Labute approximate surface area is 126 Å². The van der Waals surface area contributed by atoms with Crippen molar-refractivity contribution in [1.29, 1.82) is 0 Å². The largest absolute Gasteiger partial charge is 0.334 e. The molecule has 0 bridgehead atoms. The quantitative estimate of drug-likeness (QED) is 0.918. The molecule has 1 amide bonds. The van der Waals surface area contributed by atoms with Crippen LogP contribution in [0.25, 0.3) is 0 Å². The summed E-state index contributed by atoms with van der Waals surface area (Å²) in [5.41, 5.74) is 2.29. The van der Waals surface area contributed by atoms with Gasteiger partial charge in [-0.25, -0.2) is 13.1 Å². The minimum Gasteiger partial charge on any atom is -0.334 e. The molecule has 1 aliphatic rings. The van der Waals surface area contributed by atoms with Gasteiger partial charge in [0.1, 0.15) is 0 Å². The van der Waals surface area contributed by atoms with Crippen molar-refractivity contribution in [3.05, 3.63) is 35.4 Å². The van der Waals surface area contributed by atoms with Gasteiger partial charge < -0.3 is 4.90 Å². The summed E-state index contributed by atoms with van der Waals surface area (Å²) in [6.45, 7) is 4.29. The molecule has 1 heterocycles. The Morgan fingerprint density at radius 2 is 1.95 bits per heavy atom. The normalized spacial score (nSPS) is 20.5. The van der Waals surface area contributed by atoms with E-state index in [-0.39, 0.29) is 11.9 Å². The van der Waals surface area contributed by atoms with Gasteiger partial charge in [-0.3, -0.25) is 4.79 Å². The second-order valence-electron chi connectivity index (χ2n) is 5.71. The minimum absolute atomic E-state index is 0.0434. The molecule has 0 spiro atoms. The maximum Gasteiger partial charge on any atom is 0.240 e. The molecule has 0 aromatic heterocycles. The highest BCUT2D eigenvalue weighted by molar-refractivity contribution is 7.88. The van der Waals surface area contributed by atoms with Crippen LogP contribution in [-0.4, -0.2) is 38.1 Å². The second kappa shape index (κ2) is 6.15. The highest BCUT2D eigenvalue weighted by Crippen LogP contribution is 2.32. The zero-order valence-corrected chi connectivity index (χ0v) is 13.5. The molecule has 0 aliphatic carbocycles. The predicted octanol–water partition coefficient (Wildman–Crippen LogP) is 1.60. The third-order valence-electron chi connectivity index (χ3n) is 3.76. The molecule has 2 rings (SSSR count). The predicted molar refractivity (Wildman–Crippen MR) is 82.3 cm³/mol. The van der Waals surface area contributed by atoms with Crippen LogP contribution in [0.1, 0.15) is 36.9 Å². The van der Waals surface area contributed by atoms with E-state index in [4.69, 9.17) is 0 Å². The zero-order valence-electron chi connectivity index (χ0n) is 12.7. The van der Waals surface area contributed by atoms with Gasteiger partial charge in [-0.05, 0) is 32.3 Å². The molecule has 0 saturated carbocycles. The smallest absolute Gasteiger partial charge is 0.240 e. The number of sulfonamides is 1. The van der Waals surface area contributed by atoms with E-state index in [1.165, 1.54) is 5.56 Å². The van der Waals surface area contributed by atoms with Crippen molar-refractivity contribution in [1.82, 2.24) is 9.62 Å². The molecule has 6 heteroatoms. The number of nitrogens with one attached hydrogen (secondary N) is 1. The lowest BCUT2D eigenvalue weighted by Crippen LogP contribution is -2.46. The first-order valence-electron chi connectivity index (χ1n) is 7.12. The van der Waals surface area contributed by atoms with E-state index in [9.17, 15) is 13.2 Å². The molecule has 1 aromatic rings. The molecule has 1 saturated heterocycles. The first-order valence-corrected chi connectivity index (χ1v) is 9.01. The van der Waals surface area contributed by atoms with E-state index in [1.54, 1.807) is 11.8 Å². The average molecular weight is 310 g/mol. The van der Waals surface area contributed by atoms with Crippen LogP contribution in [0.3, 0.4) is 0 Å². The van der Waals surface area contributed by atoms with Crippen LogP contribution in [0.4, 0.5) is 0 Å². The Kier molecular flexibility index (Phi) is 4.68. The fourth-order valence-corrected chi connectivity index (χ4v) is 3.53. The van der Waals surface area contributed by atoms with Crippen molar-refractivity contribution in [3.63, 3.8) is 0 Å². The summed E-state index contributed by atoms with van der Waals surface area (Å²) in [5.74, 6) is -0.163. The van der Waals surface area contributed by atoms with Gasteiger partial charge in [0.2, 0.25) is 15.9 Å². The summed E-state index contributed by atoms with van der Waals surface area (Å²) in [7, 11) is -3.38. The number of likely N-dealkylation sites (tertiary alicyclic amines) is 1. The first kappa shape index (κ1) is 16.0. The lowest BCUT2D eigenvalue weighted by Gasteiger charge is -2.28. The van der Waals surface area contributed by atoms with Crippen molar-refractivity contribution >= 4 is 15.9 Å². The molecular formula is C15H22N2O3S. The third kappa shape index (κ3) is 4.04. The van der Waals surface area contributed by atoms with E-state index >= 15 is 0 Å². The van der Waals surface area contributed by atoms with Crippen molar-refractivity contribution in [2.24, 2.45) is 0 Å². The van der Waals surface area contributed by atoms with Gasteiger partial charge in [0, 0.05) is 6.54 Å². The summed E-state index contributed by atoms with van der Waals surface area (Å²) in [5, 5.41) is 0. The summed E-state index contributed by atoms with van der Waals surface area (Å²) >= 11 is 0. The van der Waals surface area contributed by atoms with Gasteiger partial charge in [0.15, 0.2) is 0 Å². The molecule has 1 aromatic carbocycles. The van der Waals surface area contributed by atoms with Crippen LogP contribution in [0.15, 0.2) is 24.3 Å². The SMILES string of the molecule is Cc1ccc(C2CCCN2C(=O)C(C)NS(C)(=O)=O)cc1. The third-order valence-corrected chi connectivity index (χ3v) is 4.54. The zero-order chi connectivity index (χ0) is 15.6. The first-order chi connectivity index (χ1) is 9.78. The van der Waals surface area contributed by atoms with Gasteiger partial charge in [-0.2, -0.15) is 0 Å². The van der Waals surface area contributed by atoms with Gasteiger partial charge in [-0.15, -0.1) is 0 Å². The second-order valence-corrected chi connectivity index (χ2v) is 7.49. The Morgan fingerprint density at radius 3 is 2.52 bits per heavy atom. The van der Waals surface area contributed by atoms with E-state index in [0.717, 1.165) is 24.7 Å². The Bertz CT molecular complexity index is 610. The van der Waals surface area contributed by atoms with Crippen molar-refractivity contribution in [2.45, 2.75) is 38.8 Å². The molecule has 116 valence electrons. The van der Waals surface area contributed by atoms with Gasteiger partial charge in [0.25, 0.3) is 0 Å². The molecular weight excluding hydrogens is 288 g/mol. The van der Waals surface area contributed by atoms with Gasteiger partial charge in [0.05, 0.1) is 18.3 Å². The monoisotopic (exact) mass is 310 g/mol. The summed E-state index contributed by atoms with van der Waals surface area (Å²) < 4.78 is 24.9. The van der Waals surface area contributed by atoms with Gasteiger partial charge >= 0.3 is 0 Å². The number of carbonyl (C=O) groups is 1. The van der Waals surface area contributed by atoms with E-state index in [0.29, 0.717) is 6.54 Å². The van der Waals surface area contributed by atoms with E-state index in [2.05, 4.69) is 4.72 Å². The number of benzene rings is 1. The van der Waals surface area contributed by atoms with Gasteiger partial charge in [-0.1, -0.05) is 29.8 Å². The average Bonchev–Trinajstić information content (AvgIpc) is 2.85. The number of hydrogen-bond donors (Lipinski definition) is 1. The maximum atomic E-state index is 12.5. The summed E-state index contributed by atoms with van der Waals surface area (Å²) in [6, 6.07) is 7.47. The fourth-order valence-electron chi connectivity index (χ4n) is 2.79. The highest BCUT2D eigenvalue weighted by Gasteiger charge is 2.33. The van der Waals surface area contributed by atoms with Crippen molar-refractivity contribution < 1.29 is 13.2 Å². The molecule has 2 atom stereocenters. The molecule has 2 unspecified atom stereocenters. The number of rotatable bonds is 4. The molecule has 5 nitrogen and oxygen atoms in total. The molecule has 1 fully saturated rings. The summed E-state index contributed by atoms with van der Waals surface area (Å²) in [4.78, 5) is 14.3. The van der Waals surface area contributed by atoms with Crippen LogP contribution in [-0.2, 0) is 14.8 Å². The minimum atomic E-state index is -3.38. The van der Waals surface area contributed by atoms with Crippen LogP contribution in [0.2, 0.25) is 0 Å². The Balaban J connectivity index is 2.14. The van der Waals surface area contributed by atoms with Crippen LogP contribution in [0, 0.1) is 6.92 Å². The number of hydrogen-bond acceptors (Lipinski definition) is 3. The number of carbonyl (C=O) groups excluding carboxylic acids is 1. The molecule has 1 N–H and O–H groups in total. The number of amides is 1. The number of nitrogens with zero attached hydrogens (tertiary/aromatic N) is 1. The standard InChI is InChI=1S/C15H22N2O3S/c1-11-6-8-13(9-7-11)14-5-4-10-17(14)15(18)12(2)16-21(3,19)20/h6-9,12,14,16H,4-5,10H2,1-3H3. The van der Waals surface area contributed by atoms with E-state index in [1.807, 2.05) is 31.2 Å². The van der Waals surface area contributed by atoms with E-state index < -0.39 is 16.1 Å². The topological polar surface area (TPSA) is 66.5 Å². The maximum absolute atomic E-state index is 12.5. The lowest BCUT2D eigenvalue weighted by atomic mass is 10.0. The lowest BCUT2D eigenvalue weighted by molar-refractivity contribution is -0.133. The van der Waals surface area contributed by atoms with Crippen LogP contribution < -0.4 is 4.72 Å². The highest BCUT2D eigenvalue weighted by atomic mass is 32.2. The molecule has 1 aliphatic heterocycles. The Morgan fingerprint density at radius 1 is 1.33 bits per heavy atom. The van der Waals surface area contributed by atoms with Crippen molar-refractivity contribution in [2.75, 3.05) is 12.8 Å². The van der Waals surface area contributed by atoms with Crippen LogP contribution >= 0.6 is 0 Å². The molecule has 21 heavy (non-hydrogen) atoms. The fraction of sp³-hybridized carbons (Fsp3) is 0.533. The molecule has 0 radical (unpaired) electrons.